The molecule has 0 saturated heterocycles. The van der Waals surface area contributed by atoms with Crippen LogP contribution in [-0.4, -0.2) is 40.8 Å². The molecular formula is C19H23F3IN3O3S. The smallest absolute Gasteiger partial charge is 0.191 e. The number of hydrogen-bond acceptors (Lipinski definition) is 4. The molecule has 0 unspecified atom stereocenters. The zero-order valence-electron chi connectivity index (χ0n) is 16.4. The fraction of sp³-hybridized carbons (Fsp3) is 0.316. The summed E-state index contributed by atoms with van der Waals surface area (Å²) in [5.41, 5.74) is 0.995. The third-order valence-corrected chi connectivity index (χ3v) is 4.65. The number of rotatable bonds is 8. The first-order valence-electron chi connectivity index (χ1n) is 8.65. The fourth-order valence-electron chi connectivity index (χ4n) is 2.49. The minimum atomic E-state index is -3.27. The van der Waals surface area contributed by atoms with E-state index in [4.69, 9.17) is 4.74 Å². The van der Waals surface area contributed by atoms with Crippen LogP contribution < -0.4 is 15.4 Å². The van der Waals surface area contributed by atoms with E-state index in [9.17, 15) is 21.6 Å². The third kappa shape index (κ3) is 8.78. The van der Waals surface area contributed by atoms with Gasteiger partial charge in [0.2, 0.25) is 0 Å². The number of halogens is 4. The molecule has 0 aromatic heterocycles. The second-order valence-electron chi connectivity index (χ2n) is 6.26. The summed E-state index contributed by atoms with van der Waals surface area (Å²) < 4.78 is 68.0. The Morgan fingerprint density at radius 2 is 1.77 bits per heavy atom. The topological polar surface area (TPSA) is 79.8 Å². The molecule has 0 aliphatic carbocycles. The Kier molecular flexibility index (Phi) is 10.4. The molecule has 0 amide bonds. The molecule has 2 aromatic rings. The van der Waals surface area contributed by atoms with Crippen LogP contribution in [0.15, 0.2) is 41.4 Å². The number of nitrogens with one attached hydrogen (secondary N) is 2. The summed E-state index contributed by atoms with van der Waals surface area (Å²) in [5.74, 6) is -2.03. The van der Waals surface area contributed by atoms with E-state index >= 15 is 0 Å². The lowest BCUT2D eigenvalue weighted by molar-refractivity contribution is 0.318. The van der Waals surface area contributed by atoms with Gasteiger partial charge < -0.3 is 15.4 Å². The number of benzene rings is 2. The Hall–Kier alpha value is -2.02. The Balaban J connectivity index is 0.00000450. The van der Waals surface area contributed by atoms with Crippen LogP contribution in [0, 0.1) is 17.5 Å². The Labute approximate surface area is 190 Å². The number of nitrogens with zero attached hydrogens (tertiary/aromatic N) is 1. The molecule has 11 heteroatoms. The summed E-state index contributed by atoms with van der Waals surface area (Å²) in [6.45, 7) is 0.620. The quantitative estimate of drug-likeness (QED) is 0.226. The van der Waals surface area contributed by atoms with Crippen molar-refractivity contribution >= 4 is 39.8 Å². The highest BCUT2D eigenvalue weighted by Crippen LogP contribution is 2.15. The number of guanidine groups is 1. The van der Waals surface area contributed by atoms with E-state index in [0.29, 0.717) is 23.6 Å². The third-order valence-electron chi connectivity index (χ3n) is 3.81. The molecule has 0 bridgehead atoms. The largest absolute Gasteiger partial charge is 0.492 e. The van der Waals surface area contributed by atoms with Gasteiger partial charge in [-0.25, -0.2) is 21.6 Å². The summed E-state index contributed by atoms with van der Waals surface area (Å²) >= 11 is 0. The molecule has 30 heavy (non-hydrogen) atoms. The van der Waals surface area contributed by atoms with Crippen LogP contribution in [0.1, 0.15) is 11.1 Å². The monoisotopic (exact) mass is 557 g/mol. The molecule has 0 saturated carbocycles. The lowest BCUT2D eigenvalue weighted by atomic mass is 10.1. The van der Waals surface area contributed by atoms with Crippen LogP contribution in [-0.2, 0) is 22.1 Å². The average Bonchev–Trinajstić information content (AvgIpc) is 2.65. The van der Waals surface area contributed by atoms with E-state index in [2.05, 4.69) is 15.6 Å². The van der Waals surface area contributed by atoms with Crippen molar-refractivity contribution in [2.24, 2.45) is 4.99 Å². The molecule has 2 rings (SSSR count). The van der Waals surface area contributed by atoms with Gasteiger partial charge in [-0.3, -0.25) is 4.99 Å². The zero-order valence-corrected chi connectivity index (χ0v) is 19.6. The van der Waals surface area contributed by atoms with E-state index in [1.807, 2.05) is 0 Å². The minimum absolute atomic E-state index is 0. The predicted molar refractivity (Wildman–Crippen MR) is 120 cm³/mol. The molecule has 0 aliphatic heterocycles. The van der Waals surface area contributed by atoms with Crippen molar-refractivity contribution in [3.63, 3.8) is 0 Å². The fourth-order valence-corrected chi connectivity index (χ4v) is 3.33. The van der Waals surface area contributed by atoms with Gasteiger partial charge in [0.15, 0.2) is 27.4 Å². The highest BCUT2D eigenvalue weighted by molar-refractivity contribution is 14.0. The van der Waals surface area contributed by atoms with Crippen LogP contribution in [0.2, 0.25) is 0 Å². The summed E-state index contributed by atoms with van der Waals surface area (Å²) in [6, 6.07) is 7.18. The van der Waals surface area contributed by atoms with Gasteiger partial charge >= 0.3 is 0 Å². The van der Waals surface area contributed by atoms with E-state index in [1.165, 1.54) is 31.3 Å². The van der Waals surface area contributed by atoms with Crippen LogP contribution >= 0.6 is 24.0 Å². The van der Waals surface area contributed by atoms with Gasteiger partial charge in [0.25, 0.3) is 0 Å². The van der Waals surface area contributed by atoms with Crippen LogP contribution in [0.25, 0.3) is 0 Å². The van der Waals surface area contributed by atoms with Crippen LogP contribution in [0.5, 0.6) is 5.75 Å². The molecule has 6 nitrogen and oxygen atoms in total. The molecule has 166 valence electrons. The Bertz CT molecular complexity index is 988. The van der Waals surface area contributed by atoms with Crippen molar-refractivity contribution in [3.05, 3.63) is 65.0 Å². The maximum Gasteiger partial charge on any atom is 0.191 e. The number of sulfone groups is 1. The van der Waals surface area contributed by atoms with Gasteiger partial charge in [-0.2, -0.15) is 0 Å². The van der Waals surface area contributed by atoms with Crippen molar-refractivity contribution in [2.45, 2.75) is 12.3 Å². The summed E-state index contributed by atoms with van der Waals surface area (Å²) in [5, 5.41) is 5.92. The molecule has 0 radical (unpaired) electrons. The van der Waals surface area contributed by atoms with Crippen molar-refractivity contribution in [2.75, 3.05) is 26.5 Å². The van der Waals surface area contributed by atoms with E-state index < -0.39 is 27.3 Å². The van der Waals surface area contributed by atoms with Gasteiger partial charge in [-0.1, -0.05) is 6.07 Å². The normalized spacial score (nSPS) is 11.6. The molecule has 0 heterocycles. The van der Waals surface area contributed by atoms with Crippen molar-refractivity contribution in [1.29, 1.82) is 0 Å². The number of hydrogen-bond donors (Lipinski definition) is 2. The van der Waals surface area contributed by atoms with Gasteiger partial charge in [0.05, 0.1) is 12.3 Å². The molecule has 2 aromatic carbocycles. The molecule has 0 aliphatic rings. The SMILES string of the molecule is CN=C(NCCOc1ccc(F)c(F)c1)NCc1cc(F)ccc1CS(C)(=O)=O.I. The number of ether oxygens (including phenoxy) is 1. The lowest BCUT2D eigenvalue weighted by Gasteiger charge is -2.14. The zero-order chi connectivity index (χ0) is 21.4. The molecule has 0 spiro atoms. The second kappa shape index (κ2) is 12.0. The average molecular weight is 557 g/mol. The number of aliphatic imine (C=N–C) groups is 1. The van der Waals surface area contributed by atoms with Gasteiger partial charge in [-0.05, 0) is 35.4 Å². The first kappa shape index (κ1) is 26.0. The first-order valence-corrected chi connectivity index (χ1v) is 10.7. The summed E-state index contributed by atoms with van der Waals surface area (Å²) in [4.78, 5) is 4.02. The summed E-state index contributed by atoms with van der Waals surface area (Å²) in [6.07, 6.45) is 1.11. The maximum atomic E-state index is 13.6. The maximum absolute atomic E-state index is 13.6. The lowest BCUT2D eigenvalue weighted by Crippen LogP contribution is -2.39. The Morgan fingerprint density at radius 3 is 2.40 bits per heavy atom. The minimum Gasteiger partial charge on any atom is -0.492 e. The van der Waals surface area contributed by atoms with Gasteiger partial charge in [0, 0.05) is 25.9 Å². The first-order chi connectivity index (χ1) is 13.7. The van der Waals surface area contributed by atoms with E-state index in [0.717, 1.165) is 18.4 Å². The Morgan fingerprint density at radius 1 is 1.03 bits per heavy atom. The van der Waals surface area contributed by atoms with Crippen LogP contribution in [0.3, 0.4) is 0 Å². The highest BCUT2D eigenvalue weighted by atomic mass is 127. The van der Waals surface area contributed by atoms with E-state index in [1.54, 1.807) is 0 Å². The predicted octanol–water partition coefficient (Wildman–Crippen LogP) is 3.01. The van der Waals surface area contributed by atoms with Crippen LogP contribution in [0.4, 0.5) is 13.2 Å². The molecule has 0 atom stereocenters. The highest BCUT2D eigenvalue weighted by Gasteiger charge is 2.11. The molecule has 2 N–H and O–H groups in total. The van der Waals surface area contributed by atoms with Gasteiger partial charge in [-0.15, -0.1) is 24.0 Å². The standard InChI is InChI=1S/C19H22F3N3O3S.HI/c1-23-19(24-7-8-28-16-5-6-17(21)18(22)10-16)25-11-14-9-15(20)4-3-13(14)12-29(2,26)27;/h3-6,9-10H,7-8,11-12H2,1-2H3,(H2,23,24,25);1H. The van der Waals surface area contributed by atoms with E-state index in [-0.39, 0.29) is 48.6 Å². The molecule has 0 fully saturated rings. The van der Waals surface area contributed by atoms with Crippen molar-refractivity contribution in [1.82, 2.24) is 10.6 Å². The second-order valence-corrected chi connectivity index (χ2v) is 8.40. The molecular weight excluding hydrogens is 534 g/mol. The van der Waals surface area contributed by atoms with Crippen molar-refractivity contribution in [3.8, 4) is 5.75 Å². The van der Waals surface area contributed by atoms with Crippen molar-refractivity contribution < 1.29 is 26.3 Å². The van der Waals surface area contributed by atoms with Gasteiger partial charge in [0.1, 0.15) is 18.2 Å². The summed E-state index contributed by atoms with van der Waals surface area (Å²) in [7, 11) is -1.73.